The number of nitrogens with zero attached hydrogens (tertiary/aromatic N) is 1. The van der Waals surface area contributed by atoms with Crippen molar-refractivity contribution in [1.29, 1.82) is 0 Å². The Morgan fingerprint density at radius 2 is 2.15 bits per heavy atom. The van der Waals surface area contributed by atoms with Gasteiger partial charge in [0, 0.05) is 28.8 Å². The molecule has 0 unspecified atom stereocenters. The summed E-state index contributed by atoms with van der Waals surface area (Å²) in [7, 11) is 1.56. The Hall–Kier alpha value is -2.67. The summed E-state index contributed by atoms with van der Waals surface area (Å²) in [5.41, 5.74) is 2.36. The van der Waals surface area contributed by atoms with Gasteiger partial charge in [-0.05, 0) is 37.0 Å². The van der Waals surface area contributed by atoms with Crippen LogP contribution in [-0.4, -0.2) is 18.0 Å². The molecule has 1 N–H and O–H groups in total. The Morgan fingerprint density at radius 3 is 2.81 bits per heavy atom. The van der Waals surface area contributed by atoms with E-state index >= 15 is 0 Å². The highest BCUT2D eigenvalue weighted by Gasteiger charge is 2.15. The molecular formula is C20H22N2O4S. The number of ether oxygens (including phenoxy) is 1. The van der Waals surface area contributed by atoms with Gasteiger partial charge in [-0.1, -0.05) is 13.8 Å². The zero-order chi connectivity index (χ0) is 19.6. The molecule has 6 nitrogen and oxygen atoms in total. The van der Waals surface area contributed by atoms with Crippen LogP contribution in [0.25, 0.3) is 11.0 Å². The smallest absolute Gasteiger partial charge is 0.339 e. The first-order valence-corrected chi connectivity index (χ1v) is 9.62. The summed E-state index contributed by atoms with van der Waals surface area (Å²) < 4.78 is 10.6. The maximum atomic E-state index is 12.4. The lowest BCUT2D eigenvalue weighted by molar-refractivity contribution is -0.116. The molecule has 1 amide bonds. The fourth-order valence-corrected chi connectivity index (χ4v) is 3.71. The molecule has 0 saturated heterocycles. The van der Waals surface area contributed by atoms with Gasteiger partial charge < -0.3 is 14.5 Å². The molecule has 0 atom stereocenters. The van der Waals surface area contributed by atoms with E-state index < -0.39 is 5.63 Å². The van der Waals surface area contributed by atoms with Gasteiger partial charge in [0.1, 0.15) is 11.3 Å². The minimum atomic E-state index is -0.419. The van der Waals surface area contributed by atoms with E-state index in [1.165, 1.54) is 11.3 Å². The summed E-state index contributed by atoms with van der Waals surface area (Å²) in [6.45, 7) is 5.98. The van der Waals surface area contributed by atoms with Crippen molar-refractivity contribution in [2.45, 2.75) is 39.5 Å². The molecule has 0 bridgehead atoms. The van der Waals surface area contributed by atoms with Crippen LogP contribution < -0.4 is 15.7 Å². The van der Waals surface area contributed by atoms with Gasteiger partial charge >= 0.3 is 5.63 Å². The summed E-state index contributed by atoms with van der Waals surface area (Å²) in [4.78, 5) is 29.0. The van der Waals surface area contributed by atoms with Crippen LogP contribution in [0.15, 0.2) is 32.8 Å². The summed E-state index contributed by atoms with van der Waals surface area (Å²) in [6, 6.07) is 5.37. The topological polar surface area (TPSA) is 81.4 Å². The Morgan fingerprint density at radius 1 is 1.37 bits per heavy atom. The molecule has 1 aromatic carbocycles. The van der Waals surface area contributed by atoms with Gasteiger partial charge in [0.05, 0.1) is 12.8 Å². The Kier molecular flexibility index (Phi) is 5.60. The second-order valence-electron chi connectivity index (χ2n) is 6.64. The highest BCUT2D eigenvalue weighted by molar-refractivity contribution is 7.13. The average molecular weight is 386 g/mol. The van der Waals surface area contributed by atoms with Crippen LogP contribution in [0.5, 0.6) is 5.75 Å². The van der Waals surface area contributed by atoms with E-state index in [9.17, 15) is 9.59 Å². The van der Waals surface area contributed by atoms with Crippen LogP contribution in [0.2, 0.25) is 0 Å². The number of benzene rings is 1. The molecule has 3 rings (SSSR count). The van der Waals surface area contributed by atoms with Crippen molar-refractivity contribution < 1.29 is 13.9 Å². The van der Waals surface area contributed by atoms with Crippen molar-refractivity contribution in [2.24, 2.45) is 0 Å². The fourth-order valence-electron chi connectivity index (χ4n) is 2.82. The predicted octanol–water partition coefficient (Wildman–Crippen LogP) is 4.26. The molecule has 0 spiro atoms. The molecule has 0 fully saturated rings. The predicted molar refractivity (Wildman–Crippen MR) is 107 cm³/mol. The van der Waals surface area contributed by atoms with Crippen LogP contribution >= 0.6 is 11.3 Å². The number of aryl methyl sites for hydroxylation is 1. The van der Waals surface area contributed by atoms with Crippen molar-refractivity contribution in [3.63, 3.8) is 0 Å². The van der Waals surface area contributed by atoms with Gasteiger partial charge in [-0.2, -0.15) is 0 Å². The largest absolute Gasteiger partial charge is 0.497 e. The number of anilines is 1. The monoisotopic (exact) mass is 386 g/mol. The number of methoxy groups -OCH3 is 1. The van der Waals surface area contributed by atoms with Crippen LogP contribution in [0, 0.1) is 6.92 Å². The lowest BCUT2D eigenvalue weighted by Crippen LogP contribution is -2.16. The maximum absolute atomic E-state index is 12.4. The van der Waals surface area contributed by atoms with Crippen molar-refractivity contribution in [3.8, 4) is 5.75 Å². The summed E-state index contributed by atoms with van der Waals surface area (Å²) >= 11 is 1.40. The van der Waals surface area contributed by atoms with Gasteiger partial charge in [0.25, 0.3) is 0 Å². The van der Waals surface area contributed by atoms with E-state index in [1.807, 2.05) is 24.4 Å². The summed E-state index contributed by atoms with van der Waals surface area (Å²) in [5, 5.41) is 6.16. The first-order valence-electron chi connectivity index (χ1n) is 8.74. The molecule has 2 aromatic heterocycles. The highest BCUT2D eigenvalue weighted by atomic mass is 32.1. The minimum absolute atomic E-state index is 0.173. The van der Waals surface area contributed by atoms with Gasteiger partial charge in [0.15, 0.2) is 5.13 Å². The molecule has 7 heteroatoms. The van der Waals surface area contributed by atoms with Crippen LogP contribution in [0.4, 0.5) is 5.13 Å². The first kappa shape index (κ1) is 19.1. The average Bonchev–Trinajstić information content (AvgIpc) is 3.09. The maximum Gasteiger partial charge on any atom is 0.339 e. The van der Waals surface area contributed by atoms with Crippen molar-refractivity contribution in [1.82, 2.24) is 4.98 Å². The number of aromatic nitrogens is 1. The zero-order valence-corrected chi connectivity index (χ0v) is 16.6. The van der Waals surface area contributed by atoms with E-state index in [4.69, 9.17) is 9.15 Å². The van der Waals surface area contributed by atoms with Crippen molar-refractivity contribution in [2.75, 3.05) is 12.4 Å². The normalized spacial score (nSPS) is 11.1. The number of nitrogens with one attached hydrogen (secondary N) is 1. The van der Waals surface area contributed by atoms with E-state index in [0.29, 0.717) is 34.4 Å². The Labute approximate surface area is 161 Å². The molecule has 0 aliphatic rings. The number of hydrogen-bond donors (Lipinski definition) is 1. The summed E-state index contributed by atoms with van der Waals surface area (Å²) in [6.07, 6.45) is 0.494. The standard InChI is InChI=1S/C20H22N2O4S/c1-11(2)16-10-27-20(21-16)22-18(23)8-7-15-12(3)14-6-5-13(25-4)9-17(14)26-19(15)24/h5-6,9-11H,7-8H2,1-4H3,(H,21,22,23). The van der Waals surface area contributed by atoms with Gasteiger partial charge in [0.2, 0.25) is 5.91 Å². The van der Waals surface area contributed by atoms with E-state index in [2.05, 4.69) is 24.1 Å². The Bertz CT molecular complexity index is 1040. The molecular weight excluding hydrogens is 364 g/mol. The number of thiazole rings is 1. The van der Waals surface area contributed by atoms with E-state index in [-0.39, 0.29) is 12.3 Å². The molecule has 0 aliphatic carbocycles. The number of rotatable bonds is 6. The SMILES string of the molecule is COc1ccc2c(C)c(CCC(=O)Nc3nc(C(C)C)cs3)c(=O)oc2c1. The quantitative estimate of drug-likeness (QED) is 0.640. The third kappa shape index (κ3) is 4.19. The first-order chi connectivity index (χ1) is 12.9. The fraction of sp³-hybridized carbons (Fsp3) is 0.350. The molecule has 27 heavy (non-hydrogen) atoms. The number of hydrogen-bond acceptors (Lipinski definition) is 6. The lowest BCUT2D eigenvalue weighted by atomic mass is 10.0. The number of amides is 1. The van der Waals surface area contributed by atoms with Crippen LogP contribution in [-0.2, 0) is 11.2 Å². The number of carbonyl (C=O) groups is 1. The molecule has 0 saturated carbocycles. The molecule has 142 valence electrons. The third-order valence-electron chi connectivity index (χ3n) is 4.46. The zero-order valence-electron chi connectivity index (χ0n) is 15.8. The minimum Gasteiger partial charge on any atom is -0.497 e. The second-order valence-corrected chi connectivity index (χ2v) is 7.49. The highest BCUT2D eigenvalue weighted by Crippen LogP contribution is 2.25. The van der Waals surface area contributed by atoms with Gasteiger partial charge in [-0.15, -0.1) is 11.3 Å². The Balaban J connectivity index is 1.74. The molecule has 2 heterocycles. The number of carbonyl (C=O) groups excluding carboxylic acids is 1. The molecule has 0 radical (unpaired) electrons. The van der Waals surface area contributed by atoms with E-state index in [1.54, 1.807) is 13.2 Å². The van der Waals surface area contributed by atoms with Gasteiger partial charge in [-0.3, -0.25) is 4.79 Å². The molecule has 3 aromatic rings. The number of fused-ring (bicyclic) bond motifs is 1. The molecule has 0 aliphatic heterocycles. The lowest BCUT2D eigenvalue weighted by Gasteiger charge is -2.09. The van der Waals surface area contributed by atoms with Crippen molar-refractivity contribution in [3.05, 3.63) is 50.8 Å². The summed E-state index contributed by atoms with van der Waals surface area (Å²) in [5.74, 6) is 0.769. The van der Waals surface area contributed by atoms with Crippen LogP contribution in [0.1, 0.15) is 43.0 Å². The van der Waals surface area contributed by atoms with Crippen molar-refractivity contribution >= 4 is 33.3 Å². The van der Waals surface area contributed by atoms with Gasteiger partial charge in [-0.25, -0.2) is 9.78 Å². The second kappa shape index (κ2) is 7.92. The third-order valence-corrected chi connectivity index (χ3v) is 5.23. The van der Waals surface area contributed by atoms with E-state index in [0.717, 1.165) is 16.6 Å². The van der Waals surface area contributed by atoms with Crippen LogP contribution in [0.3, 0.4) is 0 Å².